The average Bonchev–Trinajstić information content (AvgIpc) is 2.48. The normalized spacial score (nSPS) is 8.86. The lowest BCUT2D eigenvalue weighted by molar-refractivity contribution is 0.0990. The zero-order valence-corrected chi connectivity index (χ0v) is 7.74. The van der Waals surface area contributed by atoms with Crippen molar-refractivity contribution in [3.05, 3.63) is 17.5 Å². The molecule has 1 aromatic heterocycles. The van der Waals surface area contributed by atoms with Gasteiger partial charge in [-0.15, -0.1) is 12.4 Å². The summed E-state index contributed by atoms with van der Waals surface area (Å²) in [4.78, 5) is 20.7. The van der Waals surface area contributed by atoms with Crippen LogP contribution in [0.1, 0.15) is 16.2 Å². The number of ether oxygens (including phenoxy) is 1. The monoisotopic (exact) mass is 221 g/mol. The number of halogens is 1. The van der Waals surface area contributed by atoms with E-state index in [2.05, 4.69) is 14.4 Å². The molecule has 0 unspecified atom stereocenters. The van der Waals surface area contributed by atoms with Crippen LogP contribution in [0.4, 0.5) is 4.79 Å². The van der Waals surface area contributed by atoms with Crippen LogP contribution in [-0.2, 0) is 11.3 Å². The van der Waals surface area contributed by atoms with Gasteiger partial charge in [0.15, 0.2) is 18.1 Å². The van der Waals surface area contributed by atoms with Gasteiger partial charge in [-0.25, -0.2) is 4.79 Å². The Bertz CT molecular complexity index is 338. The van der Waals surface area contributed by atoms with E-state index in [0.29, 0.717) is 0 Å². The minimum Gasteiger partial charge on any atom is -0.441 e. The lowest BCUT2D eigenvalue weighted by Crippen LogP contribution is -2.12. The molecule has 2 amide bonds. The quantitative estimate of drug-likeness (QED) is 0.731. The summed E-state index contributed by atoms with van der Waals surface area (Å²) in [5, 5.41) is 3.31. The van der Waals surface area contributed by atoms with Crippen molar-refractivity contribution in [2.24, 2.45) is 11.5 Å². The first-order valence-corrected chi connectivity index (χ1v) is 3.27. The number of rotatable bonds is 3. The van der Waals surface area contributed by atoms with E-state index in [4.69, 9.17) is 11.5 Å². The largest absolute Gasteiger partial charge is 0.441 e. The van der Waals surface area contributed by atoms with E-state index in [1.807, 2.05) is 0 Å². The fourth-order valence-electron chi connectivity index (χ4n) is 0.639. The summed E-state index contributed by atoms with van der Waals surface area (Å²) < 4.78 is 8.97. The summed E-state index contributed by atoms with van der Waals surface area (Å²) in [6, 6.07) is 1.27. The van der Waals surface area contributed by atoms with Crippen molar-refractivity contribution in [1.82, 2.24) is 5.16 Å². The maximum absolute atomic E-state index is 10.5. The zero-order chi connectivity index (χ0) is 9.84. The predicted octanol–water partition coefficient (Wildman–Crippen LogP) is -0.209. The van der Waals surface area contributed by atoms with Crippen LogP contribution in [0.5, 0.6) is 0 Å². The molecule has 1 heterocycles. The molecule has 7 nitrogen and oxygen atoms in total. The van der Waals surface area contributed by atoms with Gasteiger partial charge in [0.2, 0.25) is 0 Å². The number of primary amides is 2. The molecule has 4 N–H and O–H groups in total. The van der Waals surface area contributed by atoms with Crippen molar-refractivity contribution in [3.63, 3.8) is 0 Å². The highest BCUT2D eigenvalue weighted by Gasteiger charge is 2.09. The maximum atomic E-state index is 10.5. The van der Waals surface area contributed by atoms with Crippen molar-refractivity contribution in [2.45, 2.75) is 6.61 Å². The second-order valence-corrected chi connectivity index (χ2v) is 2.15. The number of nitrogens with two attached hydrogens (primary N) is 2. The number of carbonyl (C=O) groups excluding carboxylic acids is 2. The molecule has 0 fully saturated rings. The number of hydrogen-bond donors (Lipinski definition) is 2. The number of aromatic nitrogens is 1. The molecule has 14 heavy (non-hydrogen) atoms. The summed E-state index contributed by atoms with van der Waals surface area (Å²) in [6.45, 7) is -0.171. The van der Waals surface area contributed by atoms with Crippen LogP contribution in [0, 0.1) is 0 Å². The van der Waals surface area contributed by atoms with E-state index in [0.717, 1.165) is 0 Å². The van der Waals surface area contributed by atoms with Gasteiger partial charge in [0.1, 0.15) is 0 Å². The molecule has 1 rings (SSSR count). The molecular weight excluding hydrogens is 214 g/mol. The molecule has 0 aromatic carbocycles. The lowest BCUT2D eigenvalue weighted by Gasteiger charge is -1.94. The van der Waals surface area contributed by atoms with Crippen LogP contribution in [-0.4, -0.2) is 17.2 Å². The van der Waals surface area contributed by atoms with Gasteiger partial charge in [0, 0.05) is 6.07 Å². The molecule has 0 radical (unpaired) electrons. The molecule has 0 saturated heterocycles. The van der Waals surface area contributed by atoms with E-state index in [1.165, 1.54) is 6.07 Å². The Hall–Kier alpha value is -1.76. The first kappa shape index (κ1) is 12.2. The van der Waals surface area contributed by atoms with E-state index in [-0.39, 0.29) is 30.5 Å². The summed E-state index contributed by atoms with van der Waals surface area (Å²) in [5.41, 5.74) is 9.56. The molecule has 0 spiro atoms. The van der Waals surface area contributed by atoms with Crippen molar-refractivity contribution < 1.29 is 18.8 Å². The number of nitrogens with zero attached hydrogens (tertiary/aromatic N) is 1. The molecule has 0 aliphatic heterocycles. The third-order valence-corrected chi connectivity index (χ3v) is 1.17. The molecule has 0 atom stereocenters. The van der Waals surface area contributed by atoms with Crippen molar-refractivity contribution in [2.75, 3.05) is 0 Å². The van der Waals surface area contributed by atoms with E-state index >= 15 is 0 Å². The zero-order valence-electron chi connectivity index (χ0n) is 6.93. The summed E-state index contributed by atoms with van der Waals surface area (Å²) in [5.74, 6) is -0.512. The Morgan fingerprint density at radius 2 is 2.14 bits per heavy atom. The maximum Gasteiger partial charge on any atom is 0.404 e. The second kappa shape index (κ2) is 5.07. The summed E-state index contributed by atoms with van der Waals surface area (Å²) in [7, 11) is 0. The van der Waals surface area contributed by atoms with Crippen LogP contribution in [0.15, 0.2) is 10.6 Å². The Morgan fingerprint density at radius 1 is 1.50 bits per heavy atom. The summed E-state index contributed by atoms with van der Waals surface area (Å²) >= 11 is 0. The Labute approximate surface area is 84.8 Å². The third kappa shape index (κ3) is 3.31. The van der Waals surface area contributed by atoms with Crippen LogP contribution >= 0.6 is 12.4 Å². The van der Waals surface area contributed by atoms with Crippen LogP contribution < -0.4 is 11.5 Å². The highest BCUT2D eigenvalue weighted by Crippen LogP contribution is 2.03. The number of amides is 2. The standard InChI is InChI=1S/C6H7N3O4.ClH/c7-5(10)4-1-3(13-9-4)2-12-6(8)11;/h1H,2H2,(H2,7,10)(H2,8,11);1H. The van der Waals surface area contributed by atoms with E-state index < -0.39 is 12.0 Å². The molecule has 0 saturated carbocycles. The topological polar surface area (TPSA) is 121 Å². The van der Waals surface area contributed by atoms with Gasteiger partial charge < -0.3 is 20.7 Å². The molecule has 1 aromatic rings. The Kier molecular flexibility index (Phi) is 4.44. The average molecular weight is 222 g/mol. The predicted molar refractivity (Wildman–Crippen MR) is 46.6 cm³/mol. The highest BCUT2D eigenvalue weighted by molar-refractivity contribution is 5.90. The number of hydrogen-bond acceptors (Lipinski definition) is 5. The smallest absolute Gasteiger partial charge is 0.404 e. The highest BCUT2D eigenvalue weighted by atomic mass is 35.5. The number of carbonyl (C=O) groups is 2. The lowest BCUT2D eigenvalue weighted by atomic mass is 10.3. The minimum absolute atomic E-state index is 0. The van der Waals surface area contributed by atoms with Gasteiger partial charge in [-0.05, 0) is 0 Å². The van der Waals surface area contributed by atoms with Crippen molar-refractivity contribution in [1.29, 1.82) is 0 Å². The van der Waals surface area contributed by atoms with Crippen LogP contribution in [0.3, 0.4) is 0 Å². The van der Waals surface area contributed by atoms with Gasteiger partial charge in [-0.2, -0.15) is 0 Å². The van der Waals surface area contributed by atoms with E-state index in [1.54, 1.807) is 0 Å². The van der Waals surface area contributed by atoms with Gasteiger partial charge >= 0.3 is 6.09 Å². The SMILES string of the molecule is Cl.NC(=O)OCc1cc(C(N)=O)no1. The van der Waals surface area contributed by atoms with Gasteiger partial charge in [-0.1, -0.05) is 5.16 Å². The first-order chi connectivity index (χ1) is 6.09. The molecule has 0 bridgehead atoms. The Balaban J connectivity index is 0.00000169. The molecular formula is C6H8ClN3O4. The van der Waals surface area contributed by atoms with Crippen LogP contribution in [0.2, 0.25) is 0 Å². The fraction of sp³-hybridized carbons (Fsp3) is 0.167. The fourth-order valence-corrected chi connectivity index (χ4v) is 0.639. The Morgan fingerprint density at radius 3 is 2.57 bits per heavy atom. The molecule has 0 aliphatic rings. The second-order valence-electron chi connectivity index (χ2n) is 2.15. The van der Waals surface area contributed by atoms with Gasteiger partial charge in [-0.3, -0.25) is 4.79 Å². The van der Waals surface area contributed by atoms with Crippen molar-refractivity contribution >= 4 is 24.4 Å². The van der Waals surface area contributed by atoms with Gasteiger partial charge in [0.05, 0.1) is 0 Å². The van der Waals surface area contributed by atoms with Gasteiger partial charge in [0.25, 0.3) is 5.91 Å². The summed E-state index contributed by atoms with van der Waals surface area (Å²) in [6.07, 6.45) is -0.933. The van der Waals surface area contributed by atoms with Crippen LogP contribution in [0.25, 0.3) is 0 Å². The first-order valence-electron chi connectivity index (χ1n) is 3.27. The van der Waals surface area contributed by atoms with E-state index in [9.17, 15) is 9.59 Å². The minimum atomic E-state index is -0.933. The molecule has 78 valence electrons. The third-order valence-electron chi connectivity index (χ3n) is 1.17. The molecule has 8 heteroatoms. The molecule has 0 aliphatic carbocycles. The van der Waals surface area contributed by atoms with Crippen molar-refractivity contribution in [3.8, 4) is 0 Å².